The van der Waals surface area contributed by atoms with Crippen LogP contribution in [0, 0.1) is 0 Å². The maximum absolute atomic E-state index is 4.73. The van der Waals surface area contributed by atoms with E-state index in [0.29, 0.717) is 0 Å². The van der Waals surface area contributed by atoms with E-state index in [4.69, 9.17) is 4.99 Å². The molecule has 0 aliphatic heterocycles. The van der Waals surface area contributed by atoms with Crippen LogP contribution >= 0.6 is 0 Å². The molecule has 0 heterocycles. The Bertz CT molecular complexity index is 754. The minimum Gasteiger partial charge on any atom is -0.340 e. The number of anilines is 1. The monoisotopic (exact) mass is 446 g/mol. The summed E-state index contributed by atoms with van der Waals surface area (Å²) in [7, 11) is 0. The summed E-state index contributed by atoms with van der Waals surface area (Å²) in [5.74, 6) is 0.841. The van der Waals surface area contributed by atoms with Crippen molar-refractivity contribution >= 4 is 40.1 Å². The Hall–Kier alpha value is -2.00. The van der Waals surface area contributed by atoms with Gasteiger partial charge in [-0.05, 0) is 24.3 Å². The number of benzene rings is 3. The van der Waals surface area contributed by atoms with E-state index >= 15 is 0 Å². The SMILES string of the molecule is C[CH2][InH][CH2]C.c1ccc(/N=C(/Nc2ccccc2)c2ccccc2)cc1. The fourth-order valence-corrected chi connectivity index (χ4v) is 4.42. The molecule has 0 unspecified atom stereocenters. The fourth-order valence-electron chi connectivity index (χ4n) is 2.40. The third-order valence-corrected chi connectivity index (χ3v) is 7.82. The summed E-state index contributed by atoms with van der Waals surface area (Å²) < 4.78 is 3.11. The van der Waals surface area contributed by atoms with Gasteiger partial charge >= 0.3 is 45.1 Å². The van der Waals surface area contributed by atoms with Gasteiger partial charge in [0, 0.05) is 11.3 Å². The van der Waals surface area contributed by atoms with Crippen molar-refractivity contribution in [3.05, 3.63) is 96.6 Å². The smallest absolute Gasteiger partial charge is 0.138 e. The molecule has 26 heavy (non-hydrogen) atoms. The van der Waals surface area contributed by atoms with E-state index < -0.39 is 0 Å². The van der Waals surface area contributed by atoms with Crippen molar-refractivity contribution in [2.24, 2.45) is 4.99 Å². The van der Waals surface area contributed by atoms with Crippen molar-refractivity contribution < 1.29 is 0 Å². The largest absolute Gasteiger partial charge is 0.340 e. The molecule has 3 heteroatoms. The molecule has 0 atom stereocenters. The van der Waals surface area contributed by atoms with Crippen molar-refractivity contribution in [3.63, 3.8) is 0 Å². The minimum atomic E-state index is -0.0578. The van der Waals surface area contributed by atoms with Gasteiger partial charge in [0.05, 0.1) is 5.69 Å². The first-order chi connectivity index (χ1) is 12.8. The minimum absolute atomic E-state index is 0.0578. The first-order valence-electron chi connectivity index (χ1n) is 9.34. The molecular weight excluding hydrogens is 419 g/mol. The van der Waals surface area contributed by atoms with Crippen LogP contribution in [0.15, 0.2) is 96.0 Å². The summed E-state index contributed by atoms with van der Waals surface area (Å²) in [6.45, 7) is 4.61. The predicted octanol–water partition coefficient (Wildman–Crippen LogP) is 6.18. The number of hydrogen-bond acceptors (Lipinski definition) is 1. The van der Waals surface area contributed by atoms with Crippen LogP contribution in [0.3, 0.4) is 0 Å². The summed E-state index contributed by atoms with van der Waals surface area (Å²) in [5.41, 5.74) is 3.01. The number of aliphatic imine (C=N–C) groups is 1. The molecule has 3 aromatic carbocycles. The van der Waals surface area contributed by atoms with E-state index in [1.54, 1.807) is 8.35 Å². The van der Waals surface area contributed by atoms with Crippen molar-refractivity contribution in [2.45, 2.75) is 22.2 Å². The molecule has 3 rings (SSSR count). The second-order valence-corrected chi connectivity index (χ2v) is 13.7. The Kier molecular flexibility index (Phi) is 9.66. The van der Waals surface area contributed by atoms with Crippen molar-refractivity contribution in [2.75, 3.05) is 5.32 Å². The van der Waals surface area contributed by atoms with Crippen LogP contribution in [-0.2, 0) is 0 Å². The molecule has 0 radical (unpaired) electrons. The summed E-state index contributed by atoms with van der Waals surface area (Å²) in [5, 5.41) is 3.39. The van der Waals surface area contributed by atoms with Gasteiger partial charge < -0.3 is 5.32 Å². The van der Waals surface area contributed by atoms with E-state index in [2.05, 4.69) is 31.3 Å². The number of nitrogens with zero attached hydrogens (tertiary/aromatic N) is 1. The average molecular weight is 446 g/mol. The van der Waals surface area contributed by atoms with Gasteiger partial charge in [-0.2, -0.15) is 0 Å². The maximum atomic E-state index is 4.73. The summed E-state index contributed by atoms with van der Waals surface area (Å²) in [6, 6.07) is 30.2. The number of rotatable bonds is 5. The number of amidine groups is 1. The van der Waals surface area contributed by atoms with Gasteiger partial charge in [0.25, 0.3) is 0 Å². The van der Waals surface area contributed by atoms with Gasteiger partial charge in [-0.25, -0.2) is 4.99 Å². The molecule has 0 aromatic heterocycles. The van der Waals surface area contributed by atoms with E-state index in [0.717, 1.165) is 22.8 Å². The third-order valence-electron chi connectivity index (χ3n) is 3.79. The summed E-state index contributed by atoms with van der Waals surface area (Å²) in [6.07, 6.45) is 0. The van der Waals surface area contributed by atoms with Crippen LogP contribution < -0.4 is 5.32 Å². The zero-order valence-electron chi connectivity index (χ0n) is 15.7. The van der Waals surface area contributed by atoms with Gasteiger partial charge in [-0.3, -0.25) is 0 Å². The molecule has 0 spiro atoms. The van der Waals surface area contributed by atoms with Gasteiger partial charge in [-0.1, -0.05) is 66.7 Å². The molecule has 132 valence electrons. The van der Waals surface area contributed by atoms with Gasteiger partial charge in [-0.15, -0.1) is 0 Å². The zero-order valence-corrected chi connectivity index (χ0v) is 19.8. The zero-order chi connectivity index (χ0) is 18.5. The Morgan fingerprint density at radius 1 is 0.731 bits per heavy atom. The van der Waals surface area contributed by atoms with Gasteiger partial charge in [0.15, 0.2) is 0 Å². The Morgan fingerprint density at radius 2 is 1.23 bits per heavy atom. The normalized spacial score (nSPS) is 10.5. The first kappa shape index (κ1) is 20.3. The molecule has 0 saturated carbocycles. The van der Waals surface area contributed by atoms with E-state index in [9.17, 15) is 0 Å². The Balaban J connectivity index is 0.000000431. The standard InChI is InChI=1S/C19H16N2.2C2H5.In.H/c1-4-10-16(11-5-1)19(20-17-12-6-2-7-13-17)21-18-14-8-3-9-15-18;2*1-2;;/h1-15H,(H,20,21);2*1H2,2H3;;. The van der Waals surface area contributed by atoms with E-state index in [1.807, 2.05) is 78.9 Å². The number of para-hydroxylation sites is 2. The predicted molar refractivity (Wildman–Crippen MR) is 117 cm³/mol. The van der Waals surface area contributed by atoms with Crippen molar-refractivity contribution in [1.82, 2.24) is 0 Å². The quantitative estimate of drug-likeness (QED) is 0.368. The van der Waals surface area contributed by atoms with Crippen LogP contribution in [0.5, 0.6) is 0 Å². The fraction of sp³-hybridized carbons (Fsp3) is 0.174. The van der Waals surface area contributed by atoms with Gasteiger partial charge in [0.2, 0.25) is 0 Å². The van der Waals surface area contributed by atoms with Crippen molar-refractivity contribution in [1.29, 1.82) is 0 Å². The second-order valence-electron chi connectivity index (χ2n) is 6.01. The molecule has 0 fully saturated rings. The molecule has 1 N–H and O–H groups in total. The molecule has 0 aliphatic carbocycles. The van der Waals surface area contributed by atoms with E-state index in [-0.39, 0.29) is 22.9 Å². The van der Waals surface area contributed by atoms with Crippen LogP contribution in [0.1, 0.15) is 19.4 Å². The van der Waals surface area contributed by atoms with Crippen LogP contribution in [-0.4, -0.2) is 28.7 Å². The van der Waals surface area contributed by atoms with Crippen molar-refractivity contribution in [3.8, 4) is 0 Å². The number of hydrogen-bond donors (Lipinski definition) is 1. The molecular formula is C23H27InN2. The first-order valence-corrected chi connectivity index (χ1v) is 15.1. The molecule has 0 saturated heterocycles. The Morgan fingerprint density at radius 3 is 1.73 bits per heavy atom. The van der Waals surface area contributed by atoms with Gasteiger partial charge in [0.1, 0.15) is 5.84 Å². The van der Waals surface area contributed by atoms with Crippen LogP contribution in [0.25, 0.3) is 0 Å². The number of nitrogens with one attached hydrogen (secondary N) is 1. The third kappa shape index (κ3) is 7.49. The molecule has 2 nitrogen and oxygen atoms in total. The topological polar surface area (TPSA) is 24.4 Å². The van der Waals surface area contributed by atoms with Crippen LogP contribution in [0.4, 0.5) is 11.4 Å². The van der Waals surface area contributed by atoms with E-state index in [1.165, 1.54) is 0 Å². The molecule has 3 aromatic rings. The second kappa shape index (κ2) is 12.4. The summed E-state index contributed by atoms with van der Waals surface area (Å²) >= 11 is -0.0578. The molecule has 0 amide bonds. The molecule has 0 bridgehead atoms. The Labute approximate surface area is 168 Å². The summed E-state index contributed by atoms with van der Waals surface area (Å²) in [4.78, 5) is 4.73. The maximum Gasteiger partial charge on any atom is 0.138 e. The van der Waals surface area contributed by atoms with Crippen LogP contribution in [0.2, 0.25) is 8.35 Å². The average Bonchev–Trinajstić information content (AvgIpc) is 2.71. The molecule has 0 aliphatic rings.